The third kappa shape index (κ3) is 3.61. The molecule has 4 rings (SSSR count). The van der Waals surface area contributed by atoms with Crippen molar-refractivity contribution in [3.8, 4) is 0 Å². The van der Waals surface area contributed by atoms with E-state index in [0.29, 0.717) is 10.9 Å². The molecule has 0 radical (unpaired) electrons. The molecule has 0 aliphatic heterocycles. The molecular formula is C21H18FN3O6S. The maximum atomic E-state index is 13.2. The minimum absolute atomic E-state index is 0.0333. The number of aromatic nitrogens is 2. The topological polar surface area (TPSA) is 133 Å². The predicted molar refractivity (Wildman–Crippen MR) is 116 cm³/mol. The normalized spacial score (nSPS) is 11.7. The van der Waals surface area contributed by atoms with Crippen molar-refractivity contribution >= 4 is 43.5 Å². The van der Waals surface area contributed by atoms with Gasteiger partial charge in [-0.1, -0.05) is 0 Å². The van der Waals surface area contributed by atoms with Gasteiger partial charge >= 0.3 is 5.97 Å². The van der Waals surface area contributed by atoms with Crippen molar-refractivity contribution in [2.24, 2.45) is 0 Å². The molecule has 0 aliphatic carbocycles. The minimum Gasteiger partial charge on any atom is -0.460 e. The van der Waals surface area contributed by atoms with Crippen LogP contribution in [0.3, 0.4) is 0 Å². The van der Waals surface area contributed by atoms with Crippen LogP contribution in [0.15, 0.2) is 58.4 Å². The first kappa shape index (κ1) is 21.5. The molecule has 2 heterocycles. The lowest BCUT2D eigenvalue weighted by Crippen LogP contribution is -2.26. The summed E-state index contributed by atoms with van der Waals surface area (Å²) < 4.78 is 45.6. The van der Waals surface area contributed by atoms with E-state index >= 15 is 0 Å². The molecule has 0 saturated carbocycles. The first-order chi connectivity index (χ1) is 15.2. The van der Waals surface area contributed by atoms with E-state index in [1.807, 2.05) is 0 Å². The van der Waals surface area contributed by atoms with Gasteiger partial charge in [0.25, 0.3) is 15.6 Å². The van der Waals surface area contributed by atoms with Gasteiger partial charge in [-0.3, -0.25) is 9.10 Å². The fraction of sp³-hybridized carbons (Fsp3) is 0.143. The van der Waals surface area contributed by atoms with Crippen LogP contribution in [0.4, 0.5) is 10.1 Å². The molecule has 32 heavy (non-hydrogen) atoms. The minimum atomic E-state index is -4.05. The number of rotatable bonds is 6. The number of carbonyl (C=O) groups excluding carboxylic acids is 1. The number of nitrogens with one attached hydrogen (secondary N) is 2. The number of hydrogen-bond acceptors (Lipinski definition) is 6. The summed E-state index contributed by atoms with van der Waals surface area (Å²) in [7, 11) is -2.71. The zero-order chi connectivity index (χ0) is 23.0. The number of nitrogens with zero attached hydrogens (tertiary/aromatic N) is 1. The van der Waals surface area contributed by atoms with Crippen LogP contribution in [0.5, 0.6) is 0 Å². The monoisotopic (exact) mass is 459 g/mol. The summed E-state index contributed by atoms with van der Waals surface area (Å²) in [6, 6.07) is 9.09. The van der Waals surface area contributed by atoms with Gasteiger partial charge in [0.05, 0.1) is 22.8 Å². The van der Waals surface area contributed by atoms with Crippen LogP contribution in [0.25, 0.3) is 21.8 Å². The van der Waals surface area contributed by atoms with E-state index in [4.69, 9.17) is 9.84 Å². The molecule has 0 fully saturated rings. The van der Waals surface area contributed by atoms with Gasteiger partial charge in [-0.25, -0.2) is 17.6 Å². The summed E-state index contributed by atoms with van der Waals surface area (Å²) in [5, 5.41) is 9.41. The van der Waals surface area contributed by atoms with Crippen molar-refractivity contribution in [2.75, 3.05) is 24.6 Å². The van der Waals surface area contributed by atoms with Gasteiger partial charge < -0.3 is 19.8 Å². The van der Waals surface area contributed by atoms with E-state index < -0.39 is 27.4 Å². The van der Waals surface area contributed by atoms with E-state index in [0.717, 1.165) is 16.4 Å². The third-order valence-corrected chi connectivity index (χ3v) is 6.79. The lowest BCUT2D eigenvalue weighted by molar-refractivity contribution is 0.0436. The highest BCUT2D eigenvalue weighted by atomic mass is 32.2. The van der Waals surface area contributed by atoms with Crippen LogP contribution >= 0.6 is 0 Å². The van der Waals surface area contributed by atoms with Gasteiger partial charge in [-0.15, -0.1) is 0 Å². The Bertz CT molecular complexity index is 1490. The van der Waals surface area contributed by atoms with Gasteiger partial charge in [-0.05, 0) is 42.5 Å². The van der Waals surface area contributed by atoms with Crippen molar-refractivity contribution < 1.29 is 27.4 Å². The Balaban J connectivity index is 1.89. The fourth-order valence-corrected chi connectivity index (χ4v) is 4.61. The van der Waals surface area contributed by atoms with E-state index in [-0.39, 0.29) is 40.3 Å². The molecule has 0 saturated heterocycles. The predicted octanol–water partition coefficient (Wildman–Crippen LogP) is 2.12. The summed E-state index contributed by atoms with van der Waals surface area (Å²) in [5.74, 6) is -1.27. The maximum absolute atomic E-state index is 13.2. The third-order valence-electron chi connectivity index (χ3n) is 5.01. The number of aliphatic hydroxyl groups excluding tert-OH is 1. The average Bonchev–Trinajstić information content (AvgIpc) is 3.23. The summed E-state index contributed by atoms with van der Waals surface area (Å²) in [6.07, 6.45) is 1.30. The molecule has 0 spiro atoms. The fourth-order valence-electron chi connectivity index (χ4n) is 3.39. The number of halogens is 1. The summed E-state index contributed by atoms with van der Waals surface area (Å²) in [6.45, 7) is -0.595. The summed E-state index contributed by atoms with van der Waals surface area (Å²) >= 11 is 0. The van der Waals surface area contributed by atoms with E-state index in [2.05, 4.69) is 9.97 Å². The van der Waals surface area contributed by atoms with Gasteiger partial charge in [0, 0.05) is 29.5 Å². The van der Waals surface area contributed by atoms with E-state index in [9.17, 15) is 22.4 Å². The number of hydrogen-bond donors (Lipinski definition) is 3. The molecule has 0 aliphatic rings. The quantitative estimate of drug-likeness (QED) is 0.379. The molecule has 9 nitrogen and oxygen atoms in total. The van der Waals surface area contributed by atoms with E-state index in [1.54, 1.807) is 0 Å². The number of aromatic amines is 2. The Kier molecular flexibility index (Phi) is 5.45. The standard InChI is InChI=1S/C21H18FN3O6S/c1-25(13-4-2-12(22)3-5-13)32(29,30)14-6-7-17-15(10-14)18-16(21(28)31-9-8-26)11-23-19(18)20(27)24-17/h2-7,10-11,23,26H,8-9H2,1H3,(H,24,27). The number of sulfonamides is 1. The van der Waals surface area contributed by atoms with Crippen LogP contribution in [-0.4, -0.2) is 49.7 Å². The first-order valence-corrected chi connectivity index (χ1v) is 10.9. The second kappa shape index (κ2) is 8.09. The Morgan fingerprint density at radius 1 is 1.19 bits per heavy atom. The molecule has 0 amide bonds. The lowest BCUT2D eigenvalue weighted by Gasteiger charge is -2.20. The van der Waals surface area contributed by atoms with Crippen molar-refractivity contribution in [1.29, 1.82) is 0 Å². The smallest absolute Gasteiger partial charge is 0.340 e. The first-order valence-electron chi connectivity index (χ1n) is 9.43. The van der Waals surface area contributed by atoms with Crippen molar-refractivity contribution in [2.45, 2.75) is 4.90 Å². The van der Waals surface area contributed by atoms with Crippen LogP contribution in [0, 0.1) is 5.82 Å². The Morgan fingerprint density at radius 2 is 1.91 bits per heavy atom. The number of pyridine rings is 1. The molecule has 11 heteroatoms. The highest BCUT2D eigenvalue weighted by molar-refractivity contribution is 7.92. The molecule has 2 aromatic carbocycles. The SMILES string of the molecule is CN(c1ccc(F)cc1)S(=O)(=O)c1ccc2[nH]c(=O)c3[nH]cc(C(=O)OCCO)c3c2c1. The molecule has 4 aromatic rings. The number of fused-ring (bicyclic) bond motifs is 3. The number of ether oxygens (including phenoxy) is 1. The van der Waals surface area contributed by atoms with Crippen molar-refractivity contribution in [1.82, 2.24) is 9.97 Å². The maximum Gasteiger partial charge on any atom is 0.340 e. The van der Waals surface area contributed by atoms with Gasteiger partial charge in [0.2, 0.25) is 0 Å². The van der Waals surface area contributed by atoms with Crippen molar-refractivity contribution in [3.63, 3.8) is 0 Å². The lowest BCUT2D eigenvalue weighted by atomic mass is 10.1. The Morgan fingerprint density at radius 3 is 2.59 bits per heavy atom. The van der Waals surface area contributed by atoms with Crippen molar-refractivity contribution in [3.05, 3.63) is 70.4 Å². The number of H-pyrrole nitrogens is 2. The second-order valence-electron chi connectivity index (χ2n) is 6.92. The largest absolute Gasteiger partial charge is 0.460 e. The molecule has 2 aromatic heterocycles. The zero-order valence-corrected chi connectivity index (χ0v) is 17.6. The highest BCUT2D eigenvalue weighted by Crippen LogP contribution is 2.29. The molecular weight excluding hydrogens is 441 g/mol. The number of anilines is 1. The van der Waals surface area contributed by atoms with E-state index in [1.165, 1.54) is 43.6 Å². The molecule has 3 N–H and O–H groups in total. The number of benzene rings is 2. The Labute approximate surface area is 181 Å². The van der Waals surface area contributed by atoms with Gasteiger partial charge in [0.1, 0.15) is 17.9 Å². The highest BCUT2D eigenvalue weighted by Gasteiger charge is 2.24. The molecule has 0 bridgehead atoms. The second-order valence-corrected chi connectivity index (χ2v) is 8.89. The average molecular weight is 459 g/mol. The van der Waals surface area contributed by atoms with Gasteiger partial charge in [-0.2, -0.15) is 0 Å². The summed E-state index contributed by atoms with van der Waals surface area (Å²) in [5.41, 5.74) is 0.198. The molecule has 0 unspecified atom stereocenters. The van der Waals surface area contributed by atoms with Gasteiger partial charge in [0.15, 0.2) is 0 Å². The zero-order valence-electron chi connectivity index (χ0n) is 16.8. The number of carbonyl (C=O) groups is 1. The van der Waals surface area contributed by atoms with Crippen LogP contribution in [0.1, 0.15) is 10.4 Å². The van der Waals surface area contributed by atoms with Crippen LogP contribution < -0.4 is 9.86 Å². The molecule has 166 valence electrons. The number of esters is 1. The van der Waals surface area contributed by atoms with Crippen LogP contribution in [0.2, 0.25) is 0 Å². The summed E-state index contributed by atoms with van der Waals surface area (Å²) in [4.78, 5) is 30.1. The number of aliphatic hydroxyl groups is 1. The van der Waals surface area contributed by atoms with Crippen LogP contribution in [-0.2, 0) is 14.8 Å². The molecule has 0 atom stereocenters. The Hall–Kier alpha value is -3.70.